The van der Waals surface area contributed by atoms with E-state index < -0.39 is 17.8 Å². The molecule has 0 spiro atoms. The number of anilines is 1. The Bertz CT molecular complexity index is 831. The zero-order chi connectivity index (χ0) is 18.9. The van der Waals surface area contributed by atoms with Crippen molar-refractivity contribution < 1.29 is 28.1 Å². The molecule has 1 aliphatic rings. The molecule has 1 atom stereocenters. The molecule has 0 bridgehead atoms. The van der Waals surface area contributed by atoms with Gasteiger partial charge < -0.3 is 5.32 Å². The molecule has 1 saturated heterocycles. The van der Waals surface area contributed by atoms with E-state index in [1.54, 1.807) is 23.5 Å². The molecule has 4 nitrogen and oxygen atoms in total. The number of alkyl halides is 3. The Morgan fingerprint density at radius 1 is 1.12 bits per heavy atom. The van der Waals surface area contributed by atoms with Crippen molar-refractivity contribution in [1.29, 1.82) is 0 Å². The summed E-state index contributed by atoms with van der Waals surface area (Å²) >= 11 is 0. The minimum atomic E-state index is -4.41. The molecule has 1 heterocycles. The summed E-state index contributed by atoms with van der Waals surface area (Å²) in [5.74, 6) is -0.644. The maximum Gasteiger partial charge on any atom is 0.416 e. The predicted octanol–water partition coefficient (Wildman–Crippen LogP) is 2.41. The van der Waals surface area contributed by atoms with E-state index in [-0.39, 0.29) is 24.8 Å². The predicted molar refractivity (Wildman–Crippen MR) is 89.2 cm³/mol. The Morgan fingerprint density at radius 3 is 2.46 bits per heavy atom. The van der Waals surface area contributed by atoms with Crippen LogP contribution in [0.25, 0.3) is 0 Å². The number of quaternary nitrogens is 1. The monoisotopic (exact) mass is 363 g/mol. The van der Waals surface area contributed by atoms with Gasteiger partial charge in [0.25, 0.3) is 5.91 Å². The van der Waals surface area contributed by atoms with E-state index in [2.05, 4.69) is 0 Å². The third kappa shape index (κ3) is 3.77. The molecule has 2 N–H and O–H groups in total. The molecule has 136 valence electrons. The average Bonchev–Trinajstić information content (AvgIpc) is 2.87. The fourth-order valence-corrected chi connectivity index (χ4v) is 2.96. The van der Waals surface area contributed by atoms with Crippen LogP contribution in [0.15, 0.2) is 48.5 Å². The first kappa shape index (κ1) is 18.1. The second-order valence-corrected chi connectivity index (χ2v) is 6.35. The topological polar surface area (TPSA) is 54.0 Å². The van der Waals surface area contributed by atoms with Gasteiger partial charge >= 0.3 is 6.18 Å². The number of nitrogens with zero attached hydrogens (tertiary/aromatic N) is 1. The van der Waals surface area contributed by atoms with Crippen LogP contribution in [0.5, 0.6) is 0 Å². The van der Waals surface area contributed by atoms with Gasteiger partial charge in [-0.25, -0.2) is 4.90 Å². The first-order valence-corrected chi connectivity index (χ1v) is 8.18. The largest absolute Gasteiger partial charge is 0.416 e. The molecule has 2 aromatic rings. The van der Waals surface area contributed by atoms with Gasteiger partial charge in [-0.05, 0) is 31.2 Å². The maximum atomic E-state index is 12.8. The van der Waals surface area contributed by atoms with Crippen LogP contribution in [-0.2, 0) is 22.3 Å². The Kier molecular flexibility index (Phi) is 4.82. The Morgan fingerprint density at radius 2 is 1.81 bits per heavy atom. The number of hydrogen-bond donors (Lipinski definition) is 1. The first-order valence-electron chi connectivity index (χ1n) is 8.18. The maximum absolute atomic E-state index is 12.8. The smallest absolute Gasteiger partial charge is 0.332 e. The van der Waals surface area contributed by atoms with Gasteiger partial charge in [0.05, 0.1) is 17.7 Å². The summed E-state index contributed by atoms with van der Waals surface area (Å²) in [7, 11) is 0. The zero-order valence-electron chi connectivity index (χ0n) is 14.1. The quantitative estimate of drug-likeness (QED) is 0.849. The fourth-order valence-electron chi connectivity index (χ4n) is 2.96. The Labute approximate surface area is 148 Å². The minimum Gasteiger partial charge on any atom is -0.332 e. The van der Waals surface area contributed by atoms with Crippen molar-refractivity contribution in [3.63, 3.8) is 0 Å². The SMILES string of the molecule is Cc1ccc(N2C(=O)C[C@H]([NH2+]Cc3cccc(C(F)(F)F)c3)C2=O)cc1. The molecule has 2 amide bonds. The van der Waals surface area contributed by atoms with Gasteiger partial charge in [0, 0.05) is 5.56 Å². The third-order valence-electron chi connectivity index (χ3n) is 4.37. The molecular formula is C19H18F3N2O2+. The van der Waals surface area contributed by atoms with Crippen LogP contribution >= 0.6 is 0 Å². The Hall–Kier alpha value is -2.67. The molecule has 2 aromatic carbocycles. The molecule has 0 unspecified atom stereocenters. The number of nitrogens with two attached hydrogens (primary N) is 1. The number of carbonyl (C=O) groups excluding carboxylic acids is 2. The molecular weight excluding hydrogens is 345 g/mol. The molecule has 0 aromatic heterocycles. The molecule has 0 radical (unpaired) electrons. The van der Waals surface area contributed by atoms with Gasteiger partial charge in [-0.2, -0.15) is 13.2 Å². The van der Waals surface area contributed by atoms with Crippen molar-refractivity contribution in [2.45, 2.75) is 32.1 Å². The van der Waals surface area contributed by atoms with E-state index in [9.17, 15) is 22.8 Å². The third-order valence-corrected chi connectivity index (χ3v) is 4.37. The number of rotatable bonds is 4. The second-order valence-electron chi connectivity index (χ2n) is 6.35. The normalized spacial score (nSPS) is 17.8. The van der Waals surface area contributed by atoms with Gasteiger partial charge in [-0.3, -0.25) is 9.59 Å². The zero-order valence-corrected chi connectivity index (χ0v) is 14.1. The van der Waals surface area contributed by atoms with Gasteiger partial charge in [-0.15, -0.1) is 0 Å². The van der Waals surface area contributed by atoms with Crippen LogP contribution in [0.3, 0.4) is 0 Å². The van der Waals surface area contributed by atoms with Gasteiger partial charge in [-0.1, -0.05) is 29.8 Å². The lowest BCUT2D eigenvalue weighted by Gasteiger charge is -2.14. The van der Waals surface area contributed by atoms with E-state index in [0.29, 0.717) is 11.3 Å². The highest BCUT2D eigenvalue weighted by atomic mass is 19.4. The first-order chi connectivity index (χ1) is 12.3. The van der Waals surface area contributed by atoms with Crippen molar-refractivity contribution in [2.75, 3.05) is 4.90 Å². The number of amides is 2. The number of imide groups is 1. The van der Waals surface area contributed by atoms with E-state index in [1.165, 1.54) is 6.07 Å². The lowest BCUT2D eigenvalue weighted by atomic mass is 10.1. The van der Waals surface area contributed by atoms with Crippen LogP contribution < -0.4 is 10.2 Å². The molecule has 7 heteroatoms. The van der Waals surface area contributed by atoms with Crippen molar-refractivity contribution in [3.05, 3.63) is 65.2 Å². The second kappa shape index (κ2) is 6.92. The minimum absolute atomic E-state index is 0.0334. The molecule has 0 saturated carbocycles. The van der Waals surface area contributed by atoms with E-state index in [0.717, 1.165) is 22.6 Å². The summed E-state index contributed by atoms with van der Waals surface area (Å²) in [6.45, 7) is 2.10. The van der Waals surface area contributed by atoms with Crippen LogP contribution in [0.1, 0.15) is 23.1 Å². The van der Waals surface area contributed by atoms with E-state index in [1.807, 2.05) is 19.1 Å². The molecule has 1 fully saturated rings. The summed E-state index contributed by atoms with van der Waals surface area (Å²) in [5.41, 5.74) is 1.26. The number of benzene rings is 2. The van der Waals surface area contributed by atoms with Crippen molar-refractivity contribution in [2.24, 2.45) is 0 Å². The van der Waals surface area contributed by atoms with Crippen LogP contribution in [0, 0.1) is 6.92 Å². The molecule has 3 rings (SSSR count). The summed E-state index contributed by atoms with van der Waals surface area (Å²) < 4.78 is 38.3. The summed E-state index contributed by atoms with van der Waals surface area (Å²) in [4.78, 5) is 25.9. The summed E-state index contributed by atoms with van der Waals surface area (Å²) in [6, 6.07) is 11.4. The van der Waals surface area contributed by atoms with E-state index >= 15 is 0 Å². The molecule has 1 aliphatic heterocycles. The number of hydrogen-bond acceptors (Lipinski definition) is 2. The van der Waals surface area contributed by atoms with Crippen LogP contribution in [-0.4, -0.2) is 17.9 Å². The highest BCUT2D eigenvalue weighted by Gasteiger charge is 2.42. The average molecular weight is 363 g/mol. The van der Waals surface area contributed by atoms with Crippen molar-refractivity contribution in [3.8, 4) is 0 Å². The molecule has 0 aliphatic carbocycles. The van der Waals surface area contributed by atoms with Crippen LogP contribution in [0.2, 0.25) is 0 Å². The van der Waals surface area contributed by atoms with Gasteiger partial charge in [0.2, 0.25) is 5.91 Å². The van der Waals surface area contributed by atoms with E-state index in [4.69, 9.17) is 0 Å². The number of carbonyl (C=O) groups is 2. The highest BCUT2D eigenvalue weighted by molar-refractivity contribution is 6.21. The van der Waals surface area contributed by atoms with Gasteiger partial charge in [0.15, 0.2) is 6.04 Å². The highest BCUT2D eigenvalue weighted by Crippen LogP contribution is 2.29. The fraction of sp³-hybridized carbons (Fsp3) is 0.263. The van der Waals surface area contributed by atoms with Crippen molar-refractivity contribution in [1.82, 2.24) is 0 Å². The van der Waals surface area contributed by atoms with Gasteiger partial charge in [0.1, 0.15) is 6.54 Å². The lowest BCUT2D eigenvalue weighted by Crippen LogP contribution is -2.90. The number of aryl methyl sites for hydroxylation is 1. The number of halogens is 3. The lowest BCUT2D eigenvalue weighted by molar-refractivity contribution is -0.690. The Balaban J connectivity index is 1.69. The summed E-state index contributed by atoms with van der Waals surface area (Å²) in [5, 5.41) is 1.61. The van der Waals surface area contributed by atoms with Crippen molar-refractivity contribution >= 4 is 17.5 Å². The molecule has 26 heavy (non-hydrogen) atoms. The van der Waals surface area contributed by atoms with Crippen LogP contribution in [0.4, 0.5) is 18.9 Å². The summed E-state index contributed by atoms with van der Waals surface area (Å²) in [6.07, 6.45) is -4.37. The standard InChI is InChI=1S/C19H17F3N2O2/c1-12-5-7-15(8-6-12)24-17(25)10-16(18(24)26)23-11-13-3-2-4-14(9-13)19(20,21)22/h2-9,16,23H,10-11H2,1H3/p+1/t16-/m0/s1.